The van der Waals surface area contributed by atoms with Crippen molar-refractivity contribution in [3.8, 4) is 0 Å². The molecule has 0 spiro atoms. The first-order valence-electron chi connectivity index (χ1n) is 8.04. The van der Waals surface area contributed by atoms with Gasteiger partial charge in [-0.25, -0.2) is 4.98 Å². The van der Waals surface area contributed by atoms with Crippen molar-refractivity contribution in [2.24, 2.45) is 0 Å². The zero-order chi connectivity index (χ0) is 15.6. The van der Waals surface area contributed by atoms with E-state index in [4.69, 9.17) is 4.74 Å². The molecule has 6 heteroatoms. The fraction of sp³-hybridized carbons (Fsp3) is 0.412. The molecule has 1 saturated heterocycles. The number of ether oxygens (including phenoxy) is 1. The van der Waals surface area contributed by atoms with Crippen LogP contribution >= 0.6 is 0 Å². The summed E-state index contributed by atoms with van der Waals surface area (Å²) >= 11 is 0. The van der Waals surface area contributed by atoms with Gasteiger partial charge in [-0.3, -0.25) is 4.79 Å². The van der Waals surface area contributed by atoms with Gasteiger partial charge in [0.2, 0.25) is 0 Å². The Morgan fingerprint density at radius 3 is 2.57 bits per heavy atom. The minimum atomic E-state index is 0.0274. The van der Waals surface area contributed by atoms with E-state index in [1.807, 2.05) is 33.9 Å². The number of hydrogen-bond acceptors (Lipinski definition) is 4. The maximum absolute atomic E-state index is 12.7. The van der Waals surface area contributed by atoms with E-state index < -0.39 is 0 Å². The van der Waals surface area contributed by atoms with Gasteiger partial charge in [0.15, 0.2) is 0 Å². The third-order valence-corrected chi connectivity index (χ3v) is 4.47. The quantitative estimate of drug-likeness (QED) is 0.840. The van der Waals surface area contributed by atoms with Gasteiger partial charge in [0.05, 0.1) is 6.61 Å². The Morgan fingerprint density at radius 2 is 1.83 bits per heavy atom. The number of anilines is 1. The topological polar surface area (TPSA) is 50.6 Å². The highest BCUT2D eigenvalue weighted by Gasteiger charge is 2.25. The summed E-state index contributed by atoms with van der Waals surface area (Å²) in [6.07, 6.45) is 1.86. The number of rotatable bonds is 2. The maximum Gasteiger partial charge on any atom is 0.274 e. The van der Waals surface area contributed by atoms with Gasteiger partial charge in [0, 0.05) is 44.6 Å². The predicted octanol–water partition coefficient (Wildman–Crippen LogP) is 1.38. The van der Waals surface area contributed by atoms with Gasteiger partial charge in [-0.05, 0) is 12.1 Å². The second-order valence-electron chi connectivity index (χ2n) is 5.90. The van der Waals surface area contributed by atoms with E-state index in [9.17, 15) is 4.79 Å². The fourth-order valence-electron chi connectivity index (χ4n) is 3.16. The molecule has 2 aromatic rings. The minimum Gasteiger partial charge on any atom is -0.372 e. The molecule has 6 nitrogen and oxygen atoms in total. The molecule has 0 N–H and O–H groups in total. The molecule has 1 aromatic carbocycles. The van der Waals surface area contributed by atoms with Crippen molar-refractivity contribution in [1.82, 2.24) is 14.5 Å². The van der Waals surface area contributed by atoms with Crippen LogP contribution in [0.2, 0.25) is 0 Å². The summed E-state index contributed by atoms with van der Waals surface area (Å²) in [5.74, 6) is 0.877. The lowest BCUT2D eigenvalue weighted by Gasteiger charge is -2.35. The van der Waals surface area contributed by atoms with Crippen LogP contribution in [0.4, 0.5) is 5.69 Å². The van der Waals surface area contributed by atoms with E-state index in [0.29, 0.717) is 18.9 Å². The molecule has 4 rings (SSSR count). The lowest BCUT2D eigenvalue weighted by Crippen LogP contribution is -2.48. The first-order valence-corrected chi connectivity index (χ1v) is 8.04. The summed E-state index contributed by atoms with van der Waals surface area (Å²) in [6.45, 7) is 5.12. The molecular formula is C17H20N4O2. The van der Waals surface area contributed by atoms with Crippen molar-refractivity contribution in [3.05, 3.63) is 48.0 Å². The Hall–Kier alpha value is -2.34. The first kappa shape index (κ1) is 14.3. The van der Waals surface area contributed by atoms with E-state index in [1.54, 1.807) is 0 Å². The van der Waals surface area contributed by atoms with Gasteiger partial charge < -0.3 is 19.1 Å². The van der Waals surface area contributed by atoms with Crippen molar-refractivity contribution >= 4 is 11.6 Å². The number of hydrogen-bond donors (Lipinski definition) is 0. The number of nitrogens with zero attached hydrogens (tertiary/aromatic N) is 4. The zero-order valence-electron chi connectivity index (χ0n) is 13.0. The van der Waals surface area contributed by atoms with Gasteiger partial charge >= 0.3 is 0 Å². The van der Waals surface area contributed by atoms with Gasteiger partial charge in [-0.1, -0.05) is 18.2 Å². The predicted molar refractivity (Wildman–Crippen MR) is 86.4 cm³/mol. The highest BCUT2D eigenvalue weighted by molar-refractivity contribution is 5.92. The second-order valence-corrected chi connectivity index (χ2v) is 5.90. The SMILES string of the molecule is O=C(c1cn2c(n1)COCC2)N1CCN(c2ccccc2)CC1. The zero-order valence-corrected chi connectivity index (χ0v) is 13.0. The third kappa shape index (κ3) is 2.82. The number of piperazine rings is 1. The first-order chi connectivity index (χ1) is 11.3. The molecule has 0 saturated carbocycles. The molecule has 0 unspecified atom stereocenters. The Morgan fingerprint density at radius 1 is 1.04 bits per heavy atom. The molecule has 0 bridgehead atoms. The average Bonchev–Trinajstić information content (AvgIpc) is 3.06. The number of carbonyl (C=O) groups excluding carboxylic acids is 1. The van der Waals surface area contributed by atoms with Gasteiger partial charge in [0.1, 0.15) is 18.1 Å². The molecular weight excluding hydrogens is 292 g/mol. The molecule has 0 atom stereocenters. The van der Waals surface area contributed by atoms with Crippen molar-refractivity contribution in [3.63, 3.8) is 0 Å². The summed E-state index contributed by atoms with van der Waals surface area (Å²) in [7, 11) is 0. The fourth-order valence-corrected chi connectivity index (χ4v) is 3.16. The molecule has 2 aliphatic rings. The van der Waals surface area contributed by atoms with E-state index in [-0.39, 0.29) is 5.91 Å². The minimum absolute atomic E-state index is 0.0274. The highest BCUT2D eigenvalue weighted by atomic mass is 16.5. The van der Waals surface area contributed by atoms with Crippen LogP contribution in [0.25, 0.3) is 0 Å². The lowest BCUT2D eigenvalue weighted by atomic mass is 10.2. The molecule has 0 radical (unpaired) electrons. The Bertz CT molecular complexity index is 666. The number of aromatic nitrogens is 2. The van der Waals surface area contributed by atoms with E-state index in [0.717, 1.165) is 38.5 Å². The van der Waals surface area contributed by atoms with Crippen molar-refractivity contribution < 1.29 is 9.53 Å². The summed E-state index contributed by atoms with van der Waals surface area (Å²) < 4.78 is 7.41. The Labute approximate surface area is 135 Å². The van der Waals surface area contributed by atoms with Crippen LogP contribution in [0.5, 0.6) is 0 Å². The average molecular weight is 312 g/mol. The normalized spacial score (nSPS) is 17.9. The lowest BCUT2D eigenvalue weighted by molar-refractivity contribution is 0.0740. The molecule has 2 aliphatic heterocycles. The molecule has 1 fully saturated rings. The summed E-state index contributed by atoms with van der Waals surface area (Å²) in [5, 5.41) is 0. The van der Waals surface area contributed by atoms with Crippen LogP contribution in [-0.4, -0.2) is 53.1 Å². The van der Waals surface area contributed by atoms with Crippen molar-refractivity contribution in [2.75, 3.05) is 37.7 Å². The second kappa shape index (κ2) is 6.04. The summed E-state index contributed by atoms with van der Waals surface area (Å²) in [5.41, 5.74) is 1.76. The number of imidazole rings is 1. The smallest absolute Gasteiger partial charge is 0.274 e. The molecule has 1 aromatic heterocycles. The Balaban J connectivity index is 1.42. The van der Waals surface area contributed by atoms with Gasteiger partial charge in [0.25, 0.3) is 5.91 Å². The maximum atomic E-state index is 12.7. The van der Waals surface area contributed by atoms with Gasteiger partial charge in [-0.2, -0.15) is 0 Å². The van der Waals surface area contributed by atoms with Crippen molar-refractivity contribution in [1.29, 1.82) is 0 Å². The van der Waals surface area contributed by atoms with E-state index in [1.165, 1.54) is 5.69 Å². The number of benzene rings is 1. The van der Waals surface area contributed by atoms with Crippen molar-refractivity contribution in [2.45, 2.75) is 13.2 Å². The molecule has 1 amide bonds. The summed E-state index contributed by atoms with van der Waals surface area (Å²) in [6, 6.07) is 10.3. The molecule has 120 valence electrons. The van der Waals surface area contributed by atoms with Crippen LogP contribution in [-0.2, 0) is 17.9 Å². The van der Waals surface area contributed by atoms with E-state index in [2.05, 4.69) is 22.0 Å². The number of amides is 1. The summed E-state index contributed by atoms with van der Waals surface area (Å²) in [4.78, 5) is 21.3. The van der Waals surface area contributed by atoms with Crippen LogP contribution in [0.3, 0.4) is 0 Å². The third-order valence-electron chi connectivity index (χ3n) is 4.47. The van der Waals surface area contributed by atoms with Crippen LogP contribution in [0.1, 0.15) is 16.3 Å². The molecule has 0 aliphatic carbocycles. The molecule has 23 heavy (non-hydrogen) atoms. The van der Waals surface area contributed by atoms with Crippen LogP contribution < -0.4 is 4.90 Å². The van der Waals surface area contributed by atoms with E-state index >= 15 is 0 Å². The number of carbonyl (C=O) groups is 1. The molecule has 3 heterocycles. The standard InChI is InChI=1S/C17H20N4O2/c22-17(15-12-21-10-11-23-13-16(21)18-15)20-8-6-19(7-9-20)14-4-2-1-3-5-14/h1-5,12H,6-11,13H2. The largest absolute Gasteiger partial charge is 0.372 e. The van der Waals surface area contributed by atoms with Crippen LogP contribution in [0, 0.1) is 0 Å². The number of fused-ring (bicyclic) bond motifs is 1. The monoisotopic (exact) mass is 312 g/mol. The number of para-hydroxylation sites is 1. The van der Waals surface area contributed by atoms with Gasteiger partial charge in [-0.15, -0.1) is 0 Å². The Kier molecular flexibility index (Phi) is 3.75. The highest BCUT2D eigenvalue weighted by Crippen LogP contribution is 2.17. The van der Waals surface area contributed by atoms with Crippen LogP contribution in [0.15, 0.2) is 36.5 Å².